The minimum atomic E-state index is 0.0914. The Bertz CT molecular complexity index is 318. The molecule has 0 aliphatic rings. The highest BCUT2D eigenvalue weighted by atomic mass is 16.3. The summed E-state index contributed by atoms with van der Waals surface area (Å²) in [6.07, 6.45) is 5.35. The Balaban J connectivity index is 2.25. The molecular formula is C10H13N3O. The highest BCUT2D eigenvalue weighted by Crippen LogP contribution is 2.20. The zero-order valence-electron chi connectivity index (χ0n) is 8.03. The van der Waals surface area contributed by atoms with Crippen molar-refractivity contribution in [2.75, 3.05) is 6.54 Å². The molecule has 4 nitrogen and oxygen atoms in total. The third-order valence-corrected chi connectivity index (χ3v) is 2.09. The Labute approximate surface area is 82.3 Å². The van der Waals surface area contributed by atoms with E-state index in [4.69, 9.17) is 4.42 Å². The van der Waals surface area contributed by atoms with E-state index in [0.717, 1.165) is 17.9 Å². The fraction of sp³-hybridized carbons (Fsp3) is 0.300. The van der Waals surface area contributed by atoms with Crippen LogP contribution >= 0.6 is 0 Å². The van der Waals surface area contributed by atoms with Gasteiger partial charge in [-0.05, 0) is 18.7 Å². The maximum atomic E-state index is 5.37. The van der Waals surface area contributed by atoms with Gasteiger partial charge in [0.1, 0.15) is 5.76 Å². The van der Waals surface area contributed by atoms with Gasteiger partial charge < -0.3 is 9.73 Å². The Morgan fingerprint density at radius 3 is 3.14 bits per heavy atom. The minimum Gasteiger partial charge on any atom is -0.467 e. The number of hydrogen-bond acceptors (Lipinski definition) is 3. The molecule has 0 saturated heterocycles. The monoisotopic (exact) mass is 191 g/mol. The summed E-state index contributed by atoms with van der Waals surface area (Å²) in [5.41, 5.74) is 1.09. The van der Waals surface area contributed by atoms with Crippen molar-refractivity contribution in [3.63, 3.8) is 0 Å². The summed E-state index contributed by atoms with van der Waals surface area (Å²) >= 11 is 0. The molecule has 2 aromatic heterocycles. The fourth-order valence-corrected chi connectivity index (χ4v) is 1.46. The van der Waals surface area contributed by atoms with Crippen LogP contribution in [-0.2, 0) is 0 Å². The standard InChI is InChI=1S/C10H13N3O/c1-2-11-10(8-6-12-13-7-8)9-4-3-5-14-9/h3-7,10-11H,2H2,1H3,(H,12,13). The number of nitrogens with one attached hydrogen (secondary N) is 2. The van der Waals surface area contributed by atoms with Crippen LogP contribution in [0.25, 0.3) is 0 Å². The van der Waals surface area contributed by atoms with Crippen LogP contribution in [-0.4, -0.2) is 16.7 Å². The molecule has 2 N–H and O–H groups in total. The van der Waals surface area contributed by atoms with Crippen molar-refractivity contribution in [1.29, 1.82) is 0 Å². The van der Waals surface area contributed by atoms with E-state index < -0.39 is 0 Å². The van der Waals surface area contributed by atoms with Crippen LogP contribution in [0.15, 0.2) is 35.2 Å². The van der Waals surface area contributed by atoms with Crippen molar-refractivity contribution in [3.05, 3.63) is 42.1 Å². The SMILES string of the molecule is CCNC(c1cn[nH]c1)c1ccco1. The van der Waals surface area contributed by atoms with E-state index >= 15 is 0 Å². The Morgan fingerprint density at radius 2 is 2.57 bits per heavy atom. The lowest BCUT2D eigenvalue weighted by molar-refractivity contribution is 0.452. The van der Waals surface area contributed by atoms with Gasteiger partial charge in [-0.3, -0.25) is 5.10 Å². The van der Waals surface area contributed by atoms with Gasteiger partial charge >= 0.3 is 0 Å². The van der Waals surface area contributed by atoms with Crippen LogP contribution in [0.2, 0.25) is 0 Å². The van der Waals surface area contributed by atoms with Gasteiger partial charge in [0.05, 0.1) is 18.5 Å². The Kier molecular flexibility index (Phi) is 2.65. The summed E-state index contributed by atoms with van der Waals surface area (Å²) in [6.45, 7) is 2.95. The second-order valence-electron chi connectivity index (χ2n) is 3.04. The molecule has 14 heavy (non-hydrogen) atoms. The van der Waals surface area contributed by atoms with E-state index in [0.29, 0.717) is 0 Å². The van der Waals surface area contributed by atoms with Crippen molar-refractivity contribution in [2.24, 2.45) is 0 Å². The van der Waals surface area contributed by atoms with Gasteiger partial charge in [-0.15, -0.1) is 0 Å². The lowest BCUT2D eigenvalue weighted by Crippen LogP contribution is -2.20. The van der Waals surface area contributed by atoms with Crippen molar-refractivity contribution in [1.82, 2.24) is 15.5 Å². The number of aromatic nitrogens is 2. The molecule has 0 aliphatic carbocycles. The van der Waals surface area contributed by atoms with E-state index in [1.54, 1.807) is 12.5 Å². The Morgan fingerprint density at radius 1 is 1.64 bits per heavy atom. The first-order chi connectivity index (χ1) is 6.92. The molecule has 0 amide bonds. The van der Waals surface area contributed by atoms with Crippen LogP contribution in [0, 0.1) is 0 Å². The quantitative estimate of drug-likeness (QED) is 0.773. The zero-order chi connectivity index (χ0) is 9.80. The number of furan rings is 1. The fourth-order valence-electron chi connectivity index (χ4n) is 1.46. The summed E-state index contributed by atoms with van der Waals surface area (Å²) in [5, 5.41) is 10.1. The molecule has 0 aliphatic heterocycles. The number of hydrogen-bond donors (Lipinski definition) is 2. The van der Waals surface area contributed by atoms with E-state index in [1.807, 2.05) is 18.3 Å². The first-order valence-corrected chi connectivity index (χ1v) is 4.67. The molecule has 1 unspecified atom stereocenters. The van der Waals surface area contributed by atoms with E-state index in [-0.39, 0.29) is 6.04 Å². The van der Waals surface area contributed by atoms with Gasteiger partial charge in [-0.2, -0.15) is 5.10 Å². The molecule has 0 radical (unpaired) electrons. The highest BCUT2D eigenvalue weighted by molar-refractivity contribution is 5.21. The molecule has 2 heterocycles. The first kappa shape index (κ1) is 9.02. The number of rotatable bonds is 4. The highest BCUT2D eigenvalue weighted by Gasteiger charge is 2.15. The summed E-state index contributed by atoms with van der Waals surface area (Å²) in [5.74, 6) is 0.910. The predicted molar refractivity (Wildman–Crippen MR) is 52.8 cm³/mol. The number of nitrogens with zero attached hydrogens (tertiary/aromatic N) is 1. The molecular weight excluding hydrogens is 178 g/mol. The van der Waals surface area contributed by atoms with E-state index in [2.05, 4.69) is 22.4 Å². The van der Waals surface area contributed by atoms with Gasteiger partial charge in [0.25, 0.3) is 0 Å². The number of H-pyrrole nitrogens is 1. The molecule has 0 fully saturated rings. The third-order valence-electron chi connectivity index (χ3n) is 2.09. The van der Waals surface area contributed by atoms with Crippen LogP contribution in [0.3, 0.4) is 0 Å². The summed E-state index contributed by atoms with van der Waals surface area (Å²) in [4.78, 5) is 0. The molecule has 2 rings (SSSR count). The molecule has 1 atom stereocenters. The van der Waals surface area contributed by atoms with Crippen LogP contribution < -0.4 is 5.32 Å². The molecule has 0 aromatic carbocycles. The third kappa shape index (κ3) is 1.70. The van der Waals surface area contributed by atoms with Crippen molar-refractivity contribution in [2.45, 2.75) is 13.0 Å². The largest absolute Gasteiger partial charge is 0.467 e. The molecule has 0 spiro atoms. The summed E-state index contributed by atoms with van der Waals surface area (Å²) in [7, 11) is 0. The van der Waals surface area contributed by atoms with Gasteiger partial charge in [-0.25, -0.2) is 0 Å². The van der Waals surface area contributed by atoms with Crippen LogP contribution in [0.4, 0.5) is 0 Å². The van der Waals surface area contributed by atoms with Gasteiger partial charge in [0.15, 0.2) is 0 Å². The topological polar surface area (TPSA) is 53.9 Å². The number of aromatic amines is 1. The van der Waals surface area contributed by atoms with Gasteiger partial charge in [0, 0.05) is 11.8 Å². The normalized spacial score (nSPS) is 12.9. The van der Waals surface area contributed by atoms with E-state index in [9.17, 15) is 0 Å². The maximum absolute atomic E-state index is 5.37. The van der Waals surface area contributed by atoms with E-state index in [1.165, 1.54) is 0 Å². The van der Waals surface area contributed by atoms with Crippen LogP contribution in [0.1, 0.15) is 24.3 Å². The molecule has 0 saturated carbocycles. The van der Waals surface area contributed by atoms with Crippen LogP contribution in [0.5, 0.6) is 0 Å². The maximum Gasteiger partial charge on any atom is 0.125 e. The second-order valence-corrected chi connectivity index (χ2v) is 3.04. The van der Waals surface area contributed by atoms with Gasteiger partial charge in [0.2, 0.25) is 0 Å². The average Bonchev–Trinajstić information content (AvgIpc) is 2.87. The summed E-state index contributed by atoms with van der Waals surface area (Å²) < 4.78 is 5.37. The van der Waals surface area contributed by atoms with Crippen molar-refractivity contribution in [3.8, 4) is 0 Å². The molecule has 0 bridgehead atoms. The predicted octanol–water partition coefficient (Wildman–Crippen LogP) is 1.70. The van der Waals surface area contributed by atoms with Gasteiger partial charge in [-0.1, -0.05) is 6.92 Å². The molecule has 74 valence electrons. The zero-order valence-corrected chi connectivity index (χ0v) is 8.03. The molecule has 2 aromatic rings. The summed E-state index contributed by atoms with van der Waals surface area (Å²) in [6, 6.07) is 3.94. The smallest absolute Gasteiger partial charge is 0.125 e. The van der Waals surface area contributed by atoms with Crippen molar-refractivity contribution < 1.29 is 4.42 Å². The average molecular weight is 191 g/mol. The lowest BCUT2D eigenvalue weighted by atomic mass is 10.1. The minimum absolute atomic E-state index is 0.0914. The first-order valence-electron chi connectivity index (χ1n) is 4.67. The molecule has 4 heteroatoms. The van der Waals surface area contributed by atoms with Crippen molar-refractivity contribution >= 4 is 0 Å². The second kappa shape index (κ2) is 4.11. The Hall–Kier alpha value is -1.55. The lowest BCUT2D eigenvalue weighted by Gasteiger charge is -2.12.